The zero-order valence-electron chi connectivity index (χ0n) is 8.82. The second-order valence-electron chi connectivity index (χ2n) is 4.09. The van der Waals surface area contributed by atoms with Crippen molar-refractivity contribution in [2.45, 2.75) is 25.3 Å². The molecule has 0 fully saturated rings. The molecule has 1 atom stereocenters. The third kappa shape index (κ3) is 1.85. The molecule has 0 amide bonds. The number of nitrogens with zero attached hydrogens (tertiary/aromatic N) is 1. The molecule has 1 N–H and O–H groups in total. The maximum atomic E-state index is 6.08. The molecule has 0 saturated heterocycles. The normalized spacial score (nSPS) is 19.4. The molecule has 0 bridgehead atoms. The lowest BCUT2D eigenvalue weighted by Gasteiger charge is -2.24. The number of rotatable bonds is 2. The van der Waals surface area contributed by atoms with Crippen molar-refractivity contribution in [3.8, 4) is 0 Å². The standard InChI is InChI=1S/C12H13ClN2S/c13-12-8-9-10(4-3-5-11(9)16-12)14-15-6-1-2-7-15/h1-2,6-8,10,14H,3-5H2. The fourth-order valence-electron chi connectivity index (χ4n) is 2.26. The van der Waals surface area contributed by atoms with Crippen LogP contribution in [0.4, 0.5) is 0 Å². The zero-order valence-corrected chi connectivity index (χ0v) is 10.4. The van der Waals surface area contributed by atoms with Crippen molar-refractivity contribution >= 4 is 22.9 Å². The molecule has 16 heavy (non-hydrogen) atoms. The van der Waals surface area contributed by atoms with Gasteiger partial charge in [-0.05, 0) is 43.0 Å². The first kappa shape index (κ1) is 10.2. The Bertz CT molecular complexity index is 475. The SMILES string of the molecule is Clc1cc2c(s1)CCCC2Nn1cccc1. The van der Waals surface area contributed by atoms with E-state index < -0.39 is 0 Å². The van der Waals surface area contributed by atoms with Crippen LogP contribution < -0.4 is 5.43 Å². The van der Waals surface area contributed by atoms with Gasteiger partial charge < -0.3 is 5.43 Å². The number of hydrogen-bond acceptors (Lipinski definition) is 2. The third-order valence-electron chi connectivity index (χ3n) is 2.99. The molecular formula is C12H13ClN2S. The van der Waals surface area contributed by atoms with Crippen molar-refractivity contribution in [3.63, 3.8) is 0 Å². The Morgan fingerprint density at radius 3 is 3.00 bits per heavy atom. The molecule has 4 heteroatoms. The second kappa shape index (κ2) is 4.15. The lowest BCUT2D eigenvalue weighted by molar-refractivity contribution is 0.562. The summed E-state index contributed by atoms with van der Waals surface area (Å²) in [5, 5.41) is 0. The monoisotopic (exact) mass is 252 g/mol. The van der Waals surface area contributed by atoms with Gasteiger partial charge in [0.2, 0.25) is 0 Å². The fourth-order valence-corrected chi connectivity index (χ4v) is 3.64. The number of halogens is 1. The van der Waals surface area contributed by atoms with Crippen molar-refractivity contribution in [1.82, 2.24) is 4.68 Å². The van der Waals surface area contributed by atoms with Crippen LogP contribution in [-0.2, 0) is 6.42 Å². The molecule has 2 heterocycles. The molecule has 0 spiro atoms. The van der Waals surface area contributed by atoms with E-state index in [0.717, 1.165) is 4.34 Å². The van der Waals surface area contributed by atoms with Crippen LogP contribution in [0.15, 0.2) is 30.6 Å². The molecule has 1 unspecified atom stereocenters. The Morgan fingerprint density at radius 1 is 1.38 bits per heavy atom. The Morgan fingerprint density at radius 2 is 2.19 bits per heavy atom. The van der Waals surface area contributed by atoms with E-state index in [1.54, 1.807) is 11.3 Å². The quantitative estimate of drug-likeness (QED) is 0.860. The van der Waals surface area contributed by atoms with Crippen LogP contribution in [0.25, 0.3) is 0 Å². The molecule has 0 radical (unpaired) electrons. The summed E-state index contributed by atoms with van der Waals surface area (Å²) < 4.78 is 2.93. The molecule has 0 saturated carbocycles. The van der Waals surface area contributed by atoms with Crippen LogP contribution >= 0.6 is 22.9 Å². The van der Waals surface area contributed by atoms with Crippen molar-refractivity contribution < 1.29 is 0 Å². The maximum absolute atomic E-state index is 6.08. The van der Waals surface area contributed by atoms with Crippen molar-refractivity contribution in [2.24, 2.45) is 0 Å². The average molecular weight is 253 g/mol. The summed E-state index contributed by atoms with van der Waals surface area (Å²) in [4.78, 5) is 1.45. The van der Waals surface area contributed by atoms with E-state index in [4.69, 9.17) is 11.6 Å². The van der Waals surface area contributed by atoms with E-state index in [-0.39, 0.29) is 0 Å². The third-order valence-corrected chi connectivity index (χ3v) is 4.33. The summed E-state index contributed by atoms with van der Waals surface area (Å²) in [5.74, 6) is 0. The largest absolute Gasteiger partial charge is 0.319 e. The maximum Gasteiger partial charge on any atom is 0.0934 e. The van der Waals surface area contributed by atoms with E-state index >= 15 is 0 Å². The predicted molar refractivity (Wildman–Crippen MR) is 68.8 cm³/mol. The molecular weight excluding hydrogens is 240 g/mol. The first-order valence-electron chi connectivity index (χ1n) is 5.50. The minimum absolute atomic E-state index is 0.403. The van der Waals surface area contributed by atoms with Crippen LogP contribution in [0, 0.1) is 0 Å². The number of hydrogen-bond donors (Lipinski definition) is 1. The summed E-state index contributed by atoms with van der Waals surface area (Å²) in [5.41, 5.74) is 4.88. The highest BCUT2D eigenvalue weighted by atomic mass is 35.5. The molecule has 3 rings (SSSR count). The highest BCUT2D eigenvalue weighted by Crippen LogP contribution is 2.38. The van der Waals surface area contributed by atoms with Gasteiger partial charge in [0.1, 0.15) is 0 Å². The summed E-state index contributed by atoms with van der Waals surface area (Å²) >= 11 is 7.80. The van der Waals surface area contributed by atoms with E-state index in [0.29, 0.717) is 6.04 Å². The van der Waals surface area contributed by atoms with E-state index in [2.05, 4.69) is 11.5 Å². The summed E-state index contributed by atoms with van der Waals surface area (Å²) in [7, 11) is 0. The lowest BCUT2D eigenvalue weighted by atomic mass is 9.95. The first-order chi connectivity index (χ1) is 7.83. The lowest BCUT2D eigenvalue weighted by Crippen LogP contribution is -2.22. The van der Waals surface area contributed by atoms with Gasteiger partial charge in [-0.3, -0.25) is 4.68 Å². The predicted octanol–water partition coefficient (Wildman–Crippen LogP) is 3.82. The Kier molecular flexibility index (Phi) is 2.65. The van der Waals surface area contributed by atoms with E-state index in [1.165, 1.54) is 29.7 Å². The summed E-state index contributed by atoms with van der Waals surface area (Å²) in [6, 6.07) is 6.57. The Balaban J connectivity index is 1.87. The second-order valence-corrected chi connectivity index (χ2v) is 5.86. The van der Waals surface area contributed by atoms with Gasteiger partial charge in [-0.1, -0.05) is 11.6 Å². The molecule has 2 nitrogen and oxygen atoms in total. The van der Waals surface area contributed by atoms with Crippen LogP contribution in [0.2, 0.25) is 4.34 Å². The zero-order chi connectivity index (χ0) is 11.0. The average Bonchev–Trinajstić information content (AvgIpc) is 2.86. The van der Waals surface area contributed by atoms with Crippen LogP contribution in [0.5, 0.6) is 0 Å². The van der Waals surface area contributed by atoms with Crippen molar-refractivity contribution in [3.05, 3.63) is 45.4 Å². The van der Waals surface area contributed by atoms with Gasteiger partial charge in [0.15, 0.2) is 0 Å². The number of aryl methyl sites for hydroxylation is 1. The summed E-state index contributed by atoms with van der Waals surface area (Å²) in [6.45, 7) is 0. The van der Waals surface area contributed by atoms with E-state index in [1.807, 2.05) is 29.2 Å². The van der Waals surface area contributed by atoms with Gasteiger partial charge in [-0.15, -0.1) is 11.3 Å². The summed E-state index contributed by atoms with van der Waals surface area (Å²) in [6.07, 6.45) is 7.65. The number of aromatic nitrogens is 1. The van der Waals surface area contributed by atoms with Crippen LogP contribution in [0.3, 0.4) is 0 Å². The van der Waals surface area contributed by atoms with Gasteiger partial charge in [-0.25, -0.2) is 0 Å². The van der Waals surface area contributed by atoms with Gasteiger partial charge in [-0.2, -0.15) is 0 Å². The van der Waals surface area contributed by atoms with Gasteiger partial charge in [0.25, 0.3) is 0 Å². The van der Waals surface area contributed by atoms with Crippen molar-refractivity contribution in [1.29, 1.82) is 0 Å². The Labute approximate surface area is 104 Å². The topological polar surface area (TPSA) is 17.0 Å². The van der Waals surface area contributed by atoms with Gasteiger partial charge in [0, 0.05) is 17.3 Å². The van der Waals surface area contributed by atoms with E-state index in [9.17, 15) is 0 Å². The number of thiophene rings is 1. The molecule has 1 aliphatic carbocycles. The Hall–Kier alpha value is -0.930. The minimum Gasteiger partial charge on any atom is -0.319 e. The van der Waals surface area contributed by atoms with Crippen LogP contribution in [0.1, 0.15) is 29.3 Å². The number of fused-ring (bicyclic) bond motifs is 1. The highest BCUT2D eigenvalue weighted by molar-refractivity contribution is 7.16. The van der Waals surface area contributed by atoms with Crippen LogP contribution in [-0.4, -0.2) is 4.68 Å². The minimum atomic E-state index is 0.403. The number of nitrogens with one attached hydrogen (secondary N) is 1. The molecule has 0 aromatic carbocycles. The molecule has 0 aliphatic heterocycles. The van der Waals surface area contributed by atoms with Crippen molar-refractivity contribution in [2.75, 3.05) is 5.43 Å². The van der Waals surface area contributed by atoms with Gasteiger partial charge in [0.05, 0.1) is 10.4 Å². The molecule has 1 aliphatic rings. The molecule has 84 valence electrons. The highest BCUT2D eigenvalue weighted by Gasteiger charge is 2.22. The molecule has 2 aromatic rings. The fraction of sp³-hybridized carbons (Fsp3) is 0.333. The molecule has 2 aromatic heterocycles. The first-order valence-corrected chi connectivity index (χ1v) is 6.70. The smallest absolute Gasteiger partial charge is 0.0934 e. The van der Waals surface area contributed by atoms with Gasteiger partial charge >= 0.3 is 0 Å².